The van der Waals surface area contributed by atoms with Crippen LogP contribution in [0.4, 0.5) is 0 Å². The molecule has 14 heteroatoms. The molecule has 0 atom stereocenters. The van der Waals surface area contributed by atoms with Crippen molar-refractivity contribution in [1.29, 1.82) is 10.8 Å². The molecule has 0 amide bonds. The van der Waals surface area contributed by atoms with E-state index in [0.717, 1.165) is 0 Å². The highest BCUT2D eigenvalue weighted by atomic mass is 32.2. The lowest BCUT2D eigenvalue weighted by atomic mass is 10.4. The lowest BCUT2D eigenvalue weighted by Gasteiger charge is -2.00. The fraction of sp³-hybridized carbons (Fsp3) is 0.100. The Morgan fingerprint density at radius 2 is 1.03 bits per heavy atom. The van der Waals surface area contributed by atoms with Gasteiger partial charge in [-0.2, -0.15) is 0 Å². The Labute approximate surface area is 194 Å². The maximum absolute atomic E-state index is 12.4. The van der Waals surface area contributed by atoms with Crippen molar-refractivity contribution in [1.82, 2.24) is 0 Å². The minimum Gasteiger partial charge on any atom is -0.474 e. The van der Waals surface area contributed by atoms with Gasteiger partial charge in [-0.1, -0.05) is 48.2 Å². The van der Waals surface area contributed by atoms with E-state index < -0.39 is 54.8 Å². The molecular weight excluding hydrogens is 488 g/mol. The van der Waals surface area contributed by atoms with E-state index in [1.54, 1.807) is 12.1 Å². The molecule has 2 rings (SSSR count). The molecule has 0 saturated carbocycles. The monoisotopic (exact) mass is 504 g/mol. The predicted molar refractivity (Wildman–Crippen MR) is 116 cm³/mol. The second kappa shape index (κ2) is 11.3. The van der Waals surface area contributed by atoms with E-state index in [-0.39, 0.29) is 9.79 Å². The molecule has 2 aromatic rings. The van der Waals surface area contributed by atoms with E-state index in [2.05, 4.69) is 21.8 Å². The predicted octanol–water partition coefficient (Wildman–Crippen LogP) is 3.05. The van der Waals surface area contributed by atoms with Gasteiger partial charge in [0, 0.05) is 0 Å². The van der Waals surface area contributed by atoms with E-state index in [4.69, 9.17) is 20.3 Å². The van der Waals surface area contributed by atoms with Gasteiger partial charge in [0.2, 0.25) is 10.8 Å². The number of ether oxygens (including phenoxy) is 2. The fourth-order valence-corrected chi connectivity index (χ4v) is 4.55. The standard InChI is InChI=1S/C20H14N4O8S2/c21-23-17(33(27,28)15-9-3-1-4-10-15)19(25)31-13-7-8-14-32-20(26)18(24-22)34(29,30)16-11-5-2-6-12-16/h1-6,9-12H,13-14H2/p+2. The van der Waals surface area contributed by atoms with Crippen molar-refractivity contribution in [2.75, 3.05) is 13.2 Å². The Bertz CT molecular complexity index is 1350. The highest BCUT2D eigenvalue weighted by Crippen LogP contribution is 2.23. The normalized spacial score (nSPS) is 12.5. The SMILES string of the molecule is N#[N+]C(=C(O)OCC#CCOC(O)=C([N+]#N)S(=O)(=O)c1ccccc1)S(=O)(=O)c1ccccc1. The van der Waals surface area contributed by atoms with Crippen molar-refractivity contribution in [3.63, 3.8) is 0 Å². The zero-order chi connectivity index (χ0) is 25.2. The Kier molecular flexibility index (Phi) is 8.56. The van der Waals surface area contributed by atoms with Crippen LogP contribution >= 0.6 is 0 Å². The third-order valence-electron chi connectivity index (χ3n) is 3.85. The fourth-order valence-electron chi connectivity index (χ4n) is 2.28. The first-order valence-corrected chi connectivity index (χ1v) is 12.0. The van der Waals surface area contributed by atoms with Crippen molar-refractivity contribution in [2.45, 2.75) is 9.79 Å². The van der Waals surface area contributed by atoms with Crippen molar-refractivity contribution < 1.29 is 36.5 Å². The number of rotatable bonds is 8. The maximum atomic E-state index is 12.4. The Hall–Kier alpha value is -4.58. The second-order valence-corrected chi connectivity index (χ2v) is 9.71. The molecule has 0 heterocycles. The van der Waals surface area contributed by atoms with Crippen LogP contribution in [0.1, 0.15) is 0 Å². The van der Waals surface area contributed by atoms with Gasteiger partial charge in [0.05, 0.1) is 9.79 Å². The van der Waals surface area contributed by atoms with Gasteiger partial charge in [-0.3, -0.25) is 0 Å². The van der Waals surface area contributed by atoms with E-state index in [1.807, 2.05) is 0 Å². The highest BCUT2D eigenvalue weighted by molar-refractivity contribution is 7.95. The highest BCUT2D eigenvalue weighted by Gasteiger charge is 2.40. The number of aliphatic hydroxyl groups excluding tert-OH is 2. The van der Waals surface area contributed by atoms with Crippen LogP contribution in [0, 0.1) is 22.6 Å². The van der Waals surface area contributed by atoms with E-state index >= 15 is 0 Å². The van der Waals surface area contributed by atoms with Gasteiger partial charge >= 0.3 is 21.9 Å². The first-order valence-electron chi connectivity index (χ1n) is 9.04. The summed E-state index contributed by atoms with van der Waals surface area (Å²) in [7, 11) is -8.75. The lowest BCUT2D eigenvalue weighted by molar-refractivity contribution is 0.110. The summed E-state index contributed by atoms with van der Waals surface area (Å²) in [6.07, 6.45) is 0. The molecule has 0 bridgehead atoms. The quantitative estimate of drug-likeness (QED) is 0.308. The maximum Gasteiger partial charge on any atom is 0.558 e. The number of hydrogen-bond donors (Lipinski definition) is 2. The second-order valence-electron chi connectivity index (χ2n) is 5.98. The van der Waals surface area contributed by atoms with E-state index in [0.29, 0.717) is 0 Å². The topological polar surface area (TPSA) is 183 Å². The number of diazo groups is 2. The summed E-state index contributed by atoms with van der Waals surface area (Å²) in [6.45, 7) is -1.19. The van der Waals surface area contributed by atoms with E-state index in [1.165, 1.54) is 48.5 Å². The van der Waals surface area contributed by atoms with Crippen LogP contribution in [-0.4, -0.2) is 40.3 Å². The zero-order valence-electron chi connectivity index (χ0n) is 17.1. The molecule has 0 fully saturated rings. The van der Waals surface area contributed by atoms with Crippen molar-refractivity contribution >= 4 is 19.7 Å². The van der Waals surface area contributed by atoms with Crippen LogP contribution in [0.2, 0.25) is 0 Å². The number of aliphatic hydroxyl groups is 2. The molecule has 0 unspecified atom stereocenters. The van der Waals surface area contributed by atoms with Crippen LogP contribution in [0.3, 0.4) is 0 Å². The molecule has 0 aliphatic heterocycles. The van der Waals surface area contributed by atoms with E-state index in [9.17, 15) is 27.0 Å². The number of hydrogen-bond acceptors (Lipinski definition) is 10. The molecule has 12 nitrogen and oxygen atoms in total. The molecule has 0 aliphatic rings. The molecule has 174 valence electrons. The number of benzene rings is 2. The summed E-state index contributed by atoms with van der Waals surface area (Å²) < 4.78 is 59.0. The van der Waals surface area contributed by atoms with Gasteiger partial charge in [-0.25, -0.2) is 16.8 Å². The summed E-state index contributed by atoms with van der Waals surface area (Å²) >= 11 is 0. The van der Waals surface area contributed by atoms with Gasteiger partial charge in [0.1, 0.15) is 0 Å². The Balaban J connectivity index is 2.06. The summed E-state index contributed by atoms with van der Waals surface area (Å²) in [4.78, 5) is 4.62. The molecule has 0 saturated heterocycles. The van der Waals surface area contributed by atoms with Gasteiger partial charge in [-0.15, -0.1) is 0 Å². The molecule has 0 spiro atoms. The average Bonchev–Trinajstić information content (AvgIpc) is 2.83. The number of sulfone groups is 2. The minimum atomic E-state index is -4.37. The van der Waals surface area contributed by atoms with Crippen LogP contribution < -0.4 is 0 Å². The van der Waals surface area contributed by atoms with Gasteiger partial charge < -0.3 is 19.7 Å². The van der Waals surface area contributed by atoms with Crippen LogP contribution in [0.25, 0.3) is 9.95 Å². The van der Waals surface area contributed by atoms with Gasteiger partial charge in [0.25, 0.3) is 19.7 Å². The number of nitrogens with zero attached hydrogens (tertiary/aromatic N) is 4. The Morgan fingerprint density at radius 3 is 1.32 bits per heavy atom. The summed E-state index contributed by atoms with van der Waals surface area (Å²) in [5, 5.41) is 35.4. The molecule has 0 aromatic heterocycles. The molecule has 0 radical (unpaired) electrons. The van der Waals surface area contributed by atoms with Crippen molar-refractivity contribution in [3.8, 4) is 11.8 Å². The zero-order valence-corrected chi connectivity index (χ0v) is 18.8. The minimum absolute atomic E-state index is 0.254. The van der Waals surface area contributed by atoms with Crippen LogP contribution in [0.5, 0.6) is 0 Å². The summed E-state index contributed by atoms with van der Waals surface area (Å²) in [6, 6.07) is 13.7. The molecule has 34 heavy (non-hydrogen) atoms. The van der Waals surface area contributed by atoms with Crippen molar-refractivity contribution in [2.24, 2.45) is 0 Å². The van der Waals surface area contributed by atoms with Gasteiger partial charge in [0.15, 0.2) is 23.2 Å². The van der Waals surface area contributed by atoms with Crippen LogP contribution in [0.15, 0.2) is 92.4 Å². The molecule has 0 aliphatic carbocycles. The molecular formula is C20H16N4O8S2+2. The van der Waals surface area contributed by atoms with Crippen molar-refractivity contribution in [3.05, 3.63) is 92.6 Å². The third kappa shape index (κ3) is 6.01. The summed E-state index contributed by atoms with van der Waals surface area (Å²) in [5.74, 6) is 2.12. The smallest absolute Gasteiger partial charge is 0.474 e. The lowest BCUT2D eigenvalue weighted by Crippen LogP contribution is -2.08. The largest absolute Gasteiger partial charge is 0.558 e. The molecule has 2 N–H and O–H groups in total. The summed E-state index contributed by atoms with van der Waals surface area (Å²) in [5.41, 5.74) is 0. The van der Waals surface area contributed by atoms with Gasteiger partial charge in [-0.05, 0) is 24.3 Å². The third-order valence-corrected chi connectivity index (χ3v) is 7.17. The average molecular weight is 505 g/mol. The Morgan fingerprint density at radius 1 is 0.706 bits per heavy atom. The first-order chi connectivity index (χ1) is 16.2. The van der Waals surface area contributed by atoms with Crippen LogP contribution in [-0.2, 0) is 29.1 Å². The first kappa shape index (κ1) is 25.7. The molecule has 2 aromatic carbocycles.